The first-order valence-electron chi connectivity index (χ1n) is 8.39. The molecule has 0 fully saturated rings. The van der Waals surface area contributed by atoms with Crippen molar-refractivity contribution in [2.45, 2.75) is 39.7 Å². The van der Waals surface area contributed by atoms with E-state index in [1.54, 1.807) is 20.8 Å². The number of amides is 2. The van der Waals surface area contributed by atoms with Crippen LogP contribution in [0.3, 0.4) is 0 Å². The van der Waals surface area contributed by atoms with E-state index in [-0.39, 0.29) is 18.9 Å². The molecule has 0 aromatic heterocycles. The van der Waals surface area contributed by atoms with Crippen LogP contribution in [0.15, 0.2) is 24.3 Å². The number of hydrogen-bond donors (Lipinski definition) is 2. The van der Waals surface area contributed by atoms with Gasteiger partial charge in [0.15, 0.2) is 0 Å². The summed E-state index contributed by atoms with van der Waals surface area (Å²) >= 11 is 0. The summed E-state index contributed by atoms with van der Waals surface area (Å²) in [5.74, 6) is 1.34. The lowest BCUT2D eigenvalue weighted by Gasteiger charge is -2.19. The number of nitrogens with one attached hydrogen (secondary N) is 2. The van der Waals surface area contributed by atoms with Gasteiger partial charge >= 0.3 is 6.09 Å². The van der Waals surface area contributed by atoms with Gasteiger partial charge in [0.2, 0.25) is 5.91 Å². The summed E-state index contributed by atoms with van der Waals surface area (Å²) in [4.78, 5) is 23.1. The molecule has 0 aliphatic heterocycles. The van der Waals surface area contributed by atoms with Crippen molar-refractivity contribution in [3.05, 3.63) is 24.3 Å². The Bertz CT molecular complexity index is 537. The van der Waals surface area contributed by atoms with Gasteiger partial charge < -0.3 is 24.8 Å². The quantitative estimate of drug-likeness (QED) is 0.667. The Kier molecular flexibility index (Phi) is 8.60. The summed E-state index contributed by atoms with van der Waals surface area (Å²) in [5, 5.41) is 5.26. The monoisotopic (exact) mass is 352 g/mol. The fourth-order valence-electron chi connectivity index (χ4n) is 1.84. The normalized spacial score (nSPS) is 10.7. The SMILES string of the molecule is CCOc1ccc(OCCNC(=O)CCNC(=O)OC(C)(C)C)cc1. The minimum absolute atomic E-state index is 0.161. The van der Waals surface area contributed by atoms with Gasteiger partial charge in [-0.15, -0.1) is 0 Å². The van der Waals surface area contributed by atoms with Crippen molar-refractivity contribution in [2.24, 2.45) is 0 Å². The van der Waals surface area contributed by atoms with Gasteiger partial charge in [0.05, 0.1) is 13.2 Å². The van der Waals surface area contributed by atoms with E-state index in [9.17, 15) is 9.59 Å². The zero-order valence-electron chi connectivity index (χ0n) is 15.4. The largest absolute Gasteiger partial charge is 0.494 e. The molecule has 0 heterocycles. The first kappa shape index (κ1) is 20.6. The Hall–Kier alpha value is -2.44. The minimum atomic E-state index is -0.551. The Morgan fingerprint density at radius 2 is 1.56 bits per heavy atom. The van der Waals surface area contributed by atoms with Crippen LogP contribution in [0.1, 0.15) is 34.1 Å². The molecule has 140 valence electrons. The highest BCUT2D eigenvalue weighted by Gasteiger charge is 2.15. The Morgan fingerprint density at radius 1 is 0.960 bits per heavy atom. The number of ether oxygens (including phenoxy) is 3. The van der Waals surface area contributed by atoms with E-state index in [0.717, 1.165) is 5.75 Å². The highest BCUT2D eigenvalue weighted by atomic mass is 16.6. The van der Waals surface area contributed by atoms with E-state index in [4.69, 9.17) is 14.2 Å². The van der Waals surface area contributed by atoms with Crippen molar-refractivity contribution in [2.75, 3.05) is 26.3 Å². The van der Waals surface area contributed by atoms with Gasteiger partial charge in [-0.05, 0) is 52.0 Å². The smallest absolute Gasteiger partial charge is 0.407 e. The summed E-state index contributed by atoms with van der Waals surface area (Å²) in [6, 6.07) is 7.30. The summed E-state index contributed by atoms with van der Waals surface area (Å²) in [6.07, 6.45) is -0.346. The molecule has 1 aromatic carbocycles. The van der Waals surface area contributed by atoms with Crippen LogP contribution >= 0.6 is 0 Å². The molecule has 25 heavy (non-hydrogen) atoms. The minimum Gasteiger partial charge on any atom is -0.494 e. The van der Waals surface area contributed by atoms with E-state index in [1.807, 2.05) is 31.2 Å². The third-order valence-electron chi connectivity index (χ3n) is 2.85. The molecule has 7 nitrogen and oxygen atoms in total. The van der Waals surface area contributed by atoms with Gasteiger partial charge in [0, 0.05) is 13.0 Å². The Labute approximate surface area is 149 Å². The lowest BCUT2D eigenvalue weighted by atomic mass is 10.2. The zero-order valence-corrected chi connectivity index (χ0v) is 15.4. The van der Waals surface area contributed by atoms with E-state index >= 15 is 0 Å². The van der Waals surface area contributed by atoms with Gasteiger partial charge in [-0.2, -0.15) is 0 Å². The molecule has 0 saturated heterocycles. The Balaban J connectivity index is 2.11. The fraction of sp³-hybridized carbons (Fsp3) is 0.556. The van der Waals surface area contributed by atoms with Crippen LogP contribution in [0, 0.1) is 0 Å². The molecule has 0 atom stereocenters. The molecule has 0 unspecified atom stereocenters. The van der Waals surface area contributed by atoms with Gasteiger partial charge in [0.1, 0.15) is 23.7 Å². The average Bonchev–Trinajstić information content (AvgIpc) is 2.51. The zero-order chi connectivity index (χ0) is 18.7. The first-order chi connectivity index (χ1) is 11.8. The maximum absolute atomic E-state index is 11.7. The molecule has 0 aliphatic carbocycles. The Morgan fingerprint density at radius 3 is 2.12 bits per heavy atom. The lowest BCUT2D eigenvalue weighted by molar-refractivity contribution is -0.121. The third kappa shape index (κ3) is 10.1. The maximum Gasteiger partial charge on any atom is 0.407 e. The number of carbonyl (C=O) groups excluding carboxylic acids is 2. The van der Waals surface area contributed by atoms with Gasteiger partial charge in [-0.1, -0.05) is 0 Å². The molecule has 0 bridgehead atoms. The molecule has 2 amide bonds. The predicted octanol–water partition coefficient (Wildman–Crippen LogP) is 2.50. The number of benzene rings is 1. The van der Waals surface area contributed by atoms with Crippen molar-refractivity contribution >= 4 is 12.0 Å². The van der Waals surface area contributed by atoms with Crippen LogP contribution in [-0.2, 0) is 9.53 Å². The van der Waals surface area contributed by atoms with Gasteiger partial charge in [0.25, 0.3) is 0 Å². The number of alkyl carbamates (subject to hydrolysis) is 1. The van der Waals surface area contributed by atoms with Crippen molar-refractivity contribution in [1.29, 1.82) is 0 Å². The van der Waals surface area contributed by atoms with E-state index in [1.165, 1.54) is 0 Å². The molecule has 0 spiro atoms. The van der Waals surface area contributed by atoms with Crippen LogP contribution in [0.4, 0.5) is 4.79 Å². The van der Waals surface area contributed by atoms with Crippen LogP contribution in [0.2, 0.25) is 0 Å². The lowest BCUT2D eigenvalue weighted by Crippen LogP contribution is -2.35. The second kappa shape index (κ2) is 10.4. The molecule has 0 saturated carbocycles. The highest BCUT2D eigenvalue weighted by Crippen LogP contribution is 2.17. The van der Waals surface area contributed by atoms with Crippen molar-refractivity contribution in [1.82, 2.24) is 10.6 Å². The van der Waals surface area contributed by atoms with Crippen LogP contribution < -0.4 is 20.1 Å². The van der Waals surface area contributed by atoms with E-state index in [0.29, 0.717) is 25.5 Å². The number of rotatable bonds is 9. The predicted molar refractivity (Wildman–Crippen MR) is 95.0 cm³/mol. The van der Waals surface area contributed by atoms with Crippen molar-refractivity contribution in [3.63, 3.8) is 0 Å². The number of hydrogen-bond acceptors (Lipinski definition) is 5. The average molecular weight is 352 g/mol. The topological polar surface area (TPSA) is 85.9 Å². The van der Waals surface area contributed by atoms with Crippen molar-refractivity contribution in [3.8, 4) is 11.5 Å². The van der Waals surface area contributed by atoms with E-state index < -0.39 is 11.7 Å². The van der Waals surface area contributed by atoms with Crippen LogP contribution in [0.5, 0.6) is 11.5 Å². The fourth-order valence-corrected chi connectivity index (χ4v) is 1.84. The molecular weight excluding hydrogens is 324 g/mol. The second-order valence-corrected chi connectivity index (χ2v) is 6.28. The highest BCUT2D eigenvalue weighted by molar-refractivity contribution is 5.77. The molecule has 1 aromatic rings. The second-order valence-electron chi connectivity index (χ2n) is 6.28. The first-order valence-corrected chi connectivity index (χ1v) is 8.39. The van der Waals surface area contributed by atoms with Crippen LogP contribution in [0.25, 0.3) is 0 Å². The molecule has 1 rings (SSSR count). The molecule has 7 heteroatoms. The summed E-state index contributed by atoms with van der Waals surface area (Å²) in [7, 11) is 0. The van der Waals surface area contributed by atoms with Crippen molar-refractivity contribution < 1.29 is 23.8 Å². The summed E-state index contributed by atoms with van der Waals surface area (Å²) in [5.41, 5.74) is -0.551. The maximum atomic E-state index is 11.7. The van der Waals surface area contributed by atoms with E-state index in [2.05, 4.69) is 10.6 Å². The van der Waals surface area contributed by atoms with Crippen LogP contribution in [-0.4, -0.2) is 43.9 Å². The molecular formula is C18H28N2O5. The van der Waals surface area contributed by atoms with Gasteiger partial charge in [-0.3, -0.25) is 4.79 Å². The standard InChI is InChI=1S/C18H28N2O5/c1-5-23-14-6-8-15(9-7-14)24-13-12-19-16(21)10-11-20-17(22)25-18(2,3)4/h6-9H,5,10-13H2,1-4H3,(H,19,21)(H,20,22). The summed E-state index contributed by atoms with van der Waals surface area (Å²) in [6.45, 7) is 8.86. The number of carbonyl (C=O) groups is 2. The third-order valence-corrected chi connectivity index (χ3v) is 2.85. The molecule has 0 aliphatic rings. The molecule has 2 N–H and O–H groups in total. The summed E-state index contributed by atoms with van der Waals surface area (Å²) < 4.78 is 16.0. The van der Waals surface area contributed by atoms with Gasteiger partial charge in [-0.25, -0.2) is 4.79 Å². The molecule has 0 radical (unpaired) electrons.